The third kappa shape index (κ3) is 29.1. The van der Waals surface area contributed by atoms with Crippen molar-refractivity contribution in [3.8, 4) is 0 Å². The van der Waals surface area contributed by atoms with E-state index in [2.05, 4.69) is 27.7 Å². The molecule has 0 N–H and O–H groups in total. The van der Waals surface area contributed by atoms with Gasteiger partial charge in [0, 0.05) is 26.9 Å². The quantitative estimate of drug-likeness (QED) is 0.132. The van der Waals surface area contributed by atoms with Crippen molar-refractivity contribution in [2.45, 2.75) is 192 Å². The first kappa shape index (κ1) is 80.0. The number of rotatable bonds is 14. The molecule has 2 fully saturated rings. The third-order valence-electron chi connectivity index (χ3n) is 6.58. The fraction of sp³-hybridized carbons (Fsp3) is 0.895. The zero-order valence-electron chi connectivity index (χ0n) is 22.1. The number of unbranched alkanes of at least 4 members (excludes halogenated alkanes) is 1. The fourth-order valence-corrected chi connectivity index (χ4v) is 6.81. The highest BCUT2D eigenvalue weighted by Crippen LogP contribution is 2.27. The van der Waals surface area contributed by atoms with E-state index < -0.39 is 0 Å². The zero-order valence-corrected chi connectivity index (χ0v) is 23.8. The minimum Gasteiger partial charge on any atom is -0.285 e. The van der Waals surface area contributed by atoms with Gasteiger partial charge in [0.2, 0.25) is 23.6 Å². The number of imide groups is 2. The lowest BCUT2D eigenvalue weighted by molar-refractivity contribution is -0.138. The summed E-state index contributed by atoms with van der Waals surface area (Å²) in [6.45, 7) is 8.98. The summed E-state index contributed by atoms with van der Waals surface area (Å²) in [4.78, 5) is 48.4. The van der Waals surface area contributed by atoms with Crippen molar-refractivity contribution in [1.82, 2.24) is 9.80 Å². The van der Waals surface area contributed by atoms with Crippen LogP contribution in [0.1, 0.15) is 181 Å². The first-order valence-electron chi connectivity index (χ1n) is 13.0. The Bertz CT molecular complexity index is 677. The van der Waals surface area contributed by atoms with E-state index in [1.54, 1.807) is 37.6 Å². The molecule has 2 saturated heterocycles. The minimum atomic E-state index is -0.119. The van der Waals surface area contributed by atoms with Crippen LogP contribution in [0.2, 0.25) is 0 Å². The SMILES string of the molecule is C.C.C.C.C.C.C.C.C.C.C.C.CCCC(C)CCCCSC1CC(=O)N(C)C1=O.CCCC(C)CCSC1CC(=O)N(C)C1=O. The average molecular weight is 707 g/mol. The molecule has 0 bridgehead atoms. The van der Waals surface area contributed by atoms with E-state index in [4.69, 9.17) is 0 Å². The highest BCUT2D eigenvalue weighted by molar-refractivity contribution is 8.00. The molecule has 0 aliphatic carbocycles. The second-order valence-corrected chi connectivity index (χ2v) is 12.4. The minimum absolute atomic E-state index is 0. The van der Waals surface area contributed by atoms with Crippen LogP contribution in [0.25, 0.3) is 0 Å². The van der Waals surface area contributed by atoms with Crippen molar-refractivity contribution in [3.63, 3.8) is 0 Å². The Labute approximate surface area is 304 Å². The van der Waals surface area contributed by atoms with E-state index in [0.717, 1.165) is 36.2 Å². The number of thioether (sulfide) groups is 2. The molecule has 0 spiro atoms. The van der Waals surface area contributed by atoms with E-state index in [9.17, 15) is 19.2 Å². The molecule has 2 aliphatic heterocycles. The van der Waals surface area contributed by atoms with Crippen molar-refractivity contribution >= 4 is 47.2 Å². The maximum atomic E-state index is 11.7. The van der Waals surface area contributed by atoms with Crippen LogP contribution in [-0.2, 0) is 19.2 Å². The maximum Gasteiger partial charge on any atom is 0.242 e. The highest BCUT2D eigenvalue weighted by atomic mass is 32.2. The molecule has 4 unspecified atom stereocenters. The molecule has 2 aliphatic rings. The molecule has 0 radical (unpaired) electrons. The molecule has 0 saturated carbocycles. The van der Waals surface area contributed by atoms with Crippen molar-refractivity contribution < 1.29 is 19.2 Å². The van der Waals surface area contributed by atoms with E-state index >= 15 is 0 Å². The number of nitrogens with zero attached hydrogens (tertiary/aromatic N) is 2. The normalized spacial score (nSPS) is 16.5. The Morgan fingerprint density at radius 3 is 1.17 bits per heavy atom. The van der Waals surface area contributed by atoms with Gasteiger partial charge in [0.25, 0.3) is 0 Å². The Morgan fingerprint density at radius 2 is 0.870 bits per heavy atom. The monoisotopic (exact) mass is 707 g/mol. The predicted molar refractivity (Wildman–Crippen MR) is 225 cm³/mol. The highest BCUT2D eigenvalue weighted by Gasteiger charge is 2.36. The molecule has 4 amide bonds. The van der Waals surface area contributed by atoms with Crippen LogP contribution in [0.15, 0.2) is 0 Å². The van der Waals surface area contributed by atoms with Crippen LogP contribution >= 0.6 is 23.5 Å². The number of carbonyl (C=O) groups excluding carboxylic acids is 4. The van der Waals surface area contributed by atoms with Gasteiger partial charge in [0.1, 0.15) is 0 Å². The molecular formula is C38H94N2O4S2. The Balaban J connectivity index is -0.0000000400. The lowest BCUT2D eigenvalue weighted by Gasteiger charge is -2.11. The molecule has 0 aromatic carbocycles. The van der Waals surface area contributed by atoms with Gasteiger partial charge < -0.3 is 0 Å². The third-order valence-corrected chi connectivity index (χ3v) is 9.12. The molecular weight excluding hydrogens is 613 g/mol. The molecule has 6 nitrogen and oxygen atoms in total. The molecule has 8 heteroatoms. The van der Waals surface area contributed by atoms with Gasteiger partial charge in [0.15, 0.2) is 0 Å². The fourth-order valence-electron chi connectivity index (χ4n) is 4.21. The maximum absolute atomic E-state index is 11.7. The van der Waals surface area contributed by atoms with Crippen LogP contribution in [0.3, 0.4) is 0 Å². The number of carbonyl (C=O) groups is 4. The van der Waals surface area contributed by atoms with Crippen molar-refractivity contribution in [3.05, 3.63) is 0 Å². The van der Waals surface area contributed by atoms with Gasteiger partial charge in [-0.3, -0.25) is 29.0 Å². The summed E-state index contributed by atoms with van der Waals surface area (Å²) in [6, 6.07) is 0. The van der Waals surface area contributed by atoms with Gasteiger partial charge in [-0.1, -0.05) is 155 Å². The molecule has 2 heterocycles. The summed E-state index contributed by atoms with van der Waals surface area (Å²) in [6.07, 6.45) is 10.6. The van der Waals surface area contributed by atoms with Gasteiger partial charge in [-0.2, -0.15) is 0 Å². The largest absolute Gasteiger partial charge is 0.285 e. The summed E-state index contributed by atoms with van der Waals surface area (Å²) in [5.41, 5.74) is 0. The summed E-state index contributed by atoms with van der Waals surface area (Å²) in [7, 11) is 3.16. The van der Waals surface area contributed by atoms with E-state index in [0.29, 0.717) is 12.8 Å². The second kappa shape index (κ2) is 44.0. The van der Waals surface area contributed by atoms with Crippen molar-refractivity contribution in [1.29, 1.82) is 0 Å². The summed E-state index contributed by atoms with van der Waals surface area (Å²) < 4.78 is 0. The zero-order chi connectivity index (χ0) is 25.7. The molecule has 0 aromatic heterocycles. The molecule has 2 rings (SSSR count). The van der Waals surface area contributed by atoms with Gasteiger partial charge in [-0.25, -0.2) is 0 Å². The molecule has 4 atom stereocenters. The lowest BCUT2D eigenvalue weighted by Crippen LogP contribution is -2.26. The van der Waals surface area contributed by atoms with Crippen molar-refractivity contribution in [2.75, 3.05) is 25.6 Å². The number of amides is 4. The summed E-state index contributed by atoms with van der Waals surface area (Å²) >= 11 is 3.29. The smallest absolute Gasteiger partial charge is 0.242 e. The van der Waals surface area contributed by atoms with Crippen LogP contribution in [0.5, 0.6) is 0 Å². The summed E-state index contributed by atoms with van der Waals surface area (Å²) in [5, 5.41) is -0.234. The Hall–Kier alpha value is -1.02. The van der Waals surface area contributed by atoms with E-state index in [-0.39, 0.29) is 123 Å². The first-order chi connectivity index (χ1) is 16.1. The number of likely N-dealkylation sites (tertiary alicyclic amines) is 2. The van der Waals surface area contributed by atoms with Gasteiger partial charge >= 0.3 is 0 Å². The van der Waals surface area contributed by atoms with Crippen LogP contribution in [0, 0.1) is 11.8 Å². The van der Waals surface area contributed by atoms with Gasteiger partial charge in [-0.15, -0.1) is 23.5 Å². The molecule has 46 heavy (non-hydrogen) atoms. The van der Waals surface area contributed by atoms with Crippen molar-refractivity contribution in [2.24, 2.45) is 11.8 Å². The van der Waals surface area contributed by atoms with Crippen LogP contribution in [-0.4, -0.2) is 69.5 Å². The predicted octanol–water partition coefficient (Wildman–Crippen LogP) is 13.0. The standard InChI is InChI=1S/C14H25NO2S.C12H21NO2S.12CH4/c1-4-7-11(2)8-5-6-9-18-12-10-13(16)15(3)14(12)17;1-4-5-9(2)6-7-16-10-8-11(14)13(3)12(10)15;;;;;;;;;;;;/h11-12H,4-10H2,1-3H3;9-10H,4-8H2,1-3H3;12*1H4. The molecule has 292 valence electrons. The van der Waals surface area contributed by atoms with Gasteiger partial charge in [-0.05, 0) is 36.2 Å². The average Bonchev–Trinajstić information content (AvgIpc) is 3.18. The Kier molecular flexibility index (Phi) is 76.5. The molecule has 0 aromatic rings. The number of hydrogen-bond donors (Lipinski definition) is 0. The lowest BCUT2D eigenvalue weighted by atomic mass is 10.00. The number of hydrogen-bond acceptors (Lipinski definition) is 6. The van der Waals surface area contributed by atoms with Gasteiger partial charge in [0.05, 0.1) is 10.5 Å². The second-order valence-electron chi connectivity index (χ2n) is 9.78. The summed E-state index contributed by atoms with van der Waals surface area (Å²) in [5.74, 6) is 3.43. The topological polar surface area (TPSA) is 74.8 Å². The first-order valence-corrected chi connectivity index (χ1v) is 15.1. The van der Waals surface area contributed by atoms with Crippen LogP contribution < -0.4 is 0 Å². The van der Waals surface area contributed by atoms with E-state index in [1.165, 1.54) is 48.3 Å². The van der Waals surface area contributed by atoms with Crippen LogP contribution in [0.4, 0.5) is 0 Å². The Morgan fingerprint density at radius 1 is 0.543 bits per heavy atom. The van der Waals surface area contributed by atoms with E-state index in [1.807, 2.05) is 0 Å².